The third kappa shape index (κ3) is 3.43. The Balaban J connectivity index is 1.66. The van der Waals surface area contributed by atoms with E-state index in [4.69, 9.17) is 4.74 Å². The predicted molar refractivity (Wildman–Crippen MR) is 83.2 cm³/mol. The largest absolute Gasteiger partial charge is 0.487 e. The van der Waals surface area contributed by atoms with Crippen LogP contribution in [0.1, 0.15) is 24.8 Å². The average Bonchev–Trinajstić information content (AvgIpc) is 2.45. The molecule has 108 valence electrons. The fourth-order valence-corrected chi connectivity index (χ4v) is 2.34. The van der Waals surface area contributed by atoms with Gasteiger partial charge in [0.05, 0.1) is 5.69 Å². The molecule has 2 aromatic rings. The van der Waals surface area contributed by atoms with Crippen molar-refractivity contribution < 1.29 is 9.53 Å². The highest BCUT2D eigenvalue weighted by molar-refractivity contribution is 5.94. The molecule has 0 atom stereocenters. The highest BCUT2D eigenvalue weighted by atomic mass is 16.5. The van der Waals surface area contributed by atoms with E-state index < -0.39 is 0 Å². The molecule has 0 spiro atoms. The Bertz CT molecular complexity index is 606. The zero-order chi connectivity index (χ0) is 14.5. The Morgan fingerprint density at radius 3 is 2.48 bits per heavy atom. The number of benzene rings is 2. The van der Waals surface area contributed by atoms with Gasteiger partial charge in [0.25, 0.3) is 0 Å². The lowest BCUT2D eigenvalue weighted by Crippen LogP contribution is -2.28. The van der Waals surface area contributed by atoms with Gasteiger partial charge in [-0.1, -0.05) is 48.9 Å². The molecule has 0 radical (unpaired) electrons. The van der Waals surface area contributed by atoms with Crippen molar-refractivity contribution in [2.45, 2.75) is 25.9 Å². The van der Waals surface area contributed by atoms with Gasteiger partial charge in [-0.25, -0.2) is 0 Å². The summed E-state index contributed by atoms with van der Waals surface area (Å²) in [6.07, 6.45) is 3.15. The van der Waals surface area contributed by atoms with Crippen LogP contribution in [0, 0.1) is 5.92 Å². The lowest BCUT2D eigenvalue weighted by Gasteiger charge is -2.24. The number of carbonyl (C=O) groups is 1. The van der Waals surface area contributed by atoms with Crippen molar-refractivity contribution in [1.29, 1.82) is 0 Å². The molecule has 1 fully saturated rings. The maximum Gasteiger partial charge on any atom is 0.227 e. The summed E-state index contributed by atoms with van der Waals surface area (Å²) in [4.78, 5) is 12.1. The van der Waals surface area contributed by atoms with Crippen LogP contribution in [-0.4, -0.2) is 5.91 Å². The first-order valence-corrected chi connectivity index (χ1v) is 7.39. The summed E-state index contributed by atoms with van der Waals surface area (Å²) in [6.45, 7) is 0.497. The lowest BCUT2D eigenvalue weighted by atomic mass is 9.85. The van der Waals surface area contributed by atoms with Crippen molar-refractivity contribution in [3.8, 4) is 5.75 Å². The molecule has 21 heavy (non-hydrogen) atoms. The maximum absolute atomic E-state index is 12.1. The SMILES string of the molecule is O=C(Nc1ccccc1OCc1ccccc1)C1CCC1. The van der Waals surface area contributed by atoms with E-state index in [1.807, 2.05) is 54.6 Å². The number of anilines is 1. The van der Waals surface area contributed by atoms with E-state index in [1.165, 1.54) is 0 Å². The Labute approximate surface area is 124 Å². The summed E-state index contributed by atoms with van der Waals surface area (Å²) in [7, 11) is 0. The van der Waals surface area contributed by atoms with E-state index in [1.54, 1.807) is 0 Å². The summed E-state index contributed by atoms with van der Waals surface area (Å²) in [5.41, 5.74) is 1.86. The topological polar surface area (TPSA) is 38.3 Å². The molecule has 1 aliphatic rings. The zero-order valence-electron chi connectivity index (χ0n) is 11.9. The molecule has 1 saturated carbocycles. The van der Waals surface area contributed by atoms with Gasteiger partial charge in [-0.3, -0.25) is 4.79 Å². The normalized spacial score (nSPS) is 14.3. The Kier molecular flexibility index (Phi) is 4.20. The molecule has 2 aromatic carbocycles. The first-order valence-electron chi connectivity index (χ1n) is 7.39. The van der Waals surface area contributed by atoms with Gasteiger partial charge in [0, 0.05) is 5.92 Å². The standard InChI is InChI=1S/C18H19NO2/c20-18(15-9-6-10-15)19-16-11-4-5-12-17(16)21-13-14-7-2-1-3-8-14/h1-5,7-8,11-12,15H,6,9-10,13H2,(H,19,20). The molecule has 1 N–H and O–H groups in total. The molecule has 1 aliphatic carbocycles. The number of hydrogen-bond donors (Lipinski definition) is 1. The van der Waals surface area contributed by atoms with E-state index in [-0.39, 0.29) is 11.8 Å². The van der Waals surface area contributed by atoms with E-state index in [0.717, 1.165) is 30.5 Å². The van der Waals surface area contributed by atoms with E-state index in [0.29, 0.717) is 12.4 Å². The molecule has 3 nitrogen and oxygen atoms in total. The van der Waals surface area contributed by atoms with Gasteiger partial charge in [0.2, 0.25) is 5.91 Å². The number of rotatable bonds is 5. The predicted octanol–water partition coefficient (Wildman–Crippen LogP) is 4.00. The summed E-state index contributed by atoms with van der Waals surface area (Å²) in [6, 6.07) is 17.6. The maximum atomic E-state index is 12.1. The number of ether oxygens (including phenoxy) is 1. The van der Waals surface area contributed by atoms with Crippen LogP contribution >= 0.6 is 0 Å². The van der Waals surface area contributed by atoms with Crippen molar-refractivity contribution >= 4 is 11.6 Å². The second kappa shape index (κ2) is 6.44. The van der Waals surface area contributed by atoms with Crippen LogP contribution in [-0.2, 0) is 11.4 Å². The van der Waals surface area contributed by atoms with Crippen molar-refractivity contribution in [3.63, 3.8) is 0 Å². The number of amides is 1. The molecule has 1 amide bonds. The Hall–Kier alpha value is -2.29. The van der Waals surface area contributed by atoms with Gasteiger partial charge in [-0.2, -0.15) is 0 Å². The fourth-order valence-electron chi connectivity index (χ4n) is 2.34. The van der Waals surface area contributed by atoms with E-state index in [9.17, 15) is 4.79 Å². The molecule has 0 unspecified atom stereocenters. The summed E-state index contributed by atoms with van der Waals surface area (Å²) < 4.78 is 5.84. The zero-order valence-corrected chi connectivity index (χ0v) is 11.9. The minimum absolute atomic E-state index is 0.108. The molecular formula is C18H19NO2. The van der Waals surface area contributed by atoms with Gasteiger partial charge >= 0.3 is 0 Å². The van der Waals surface area contributed by atoms with Crippen LogP contribution in [0.25, 0.3) is 0 Å². The minimum Gasteiger partial charge on any atom is -0.487 e. The van der Waals surface area contributed by atoms with Gasteiger partial charge in [-0.05, 0) is 30.5 Å². The van der Waals surface area contributed by atoms with Crippen LogP contribution < -0.4 is 10.1 Å². The monoisotopic (exact) mass is 281 g/mol. The van der Waals surface area contributed by atoms with E-state index >= 15 is 0 Å². The van der Waals surface area contributed by atoms with Gasteiger partial charge in [0.1, 0.15) is 12.4 Å². The van der Waals surface area contributed by atoms with Gasteiger partial charge < -0.3 is 10.1 Å². The number of carbonyl (C=O) groups excluding carboxylic acids is 1. The average molecular weight is 281 g/mol. The first-order chi connectivity index (χ1) is 10.3. The third-order valence-electron chi connectivity index (χ3n) is 3.86. The molecule has 0 aliphatic heterocycles. The van der Waals surface area contributed by atoms with Crippen LogP contribution in [0.2, 0.25) is 0 Å². The summed E-state index contributed by atoms with van der Waals surface area (Å²) in [5.74, 6) is 0.998. The molecule has 0 heterocycles. The Morgan fingerprint density at radius 1 is 1.05 bits per heavy atom. The van der Waals surface area contributed by atoms with Crippen LogP contribution in [0.3, 0.4) is 0 Å². The molecule has 3 heteroatoms. The molecular weight excluding hydrogens is 262 g/mol. The number of hydrogen-bond acceptors (Lipinski definition) is 2. The van der Waals surface area contributed by atoms with Crippen molar-refractivity contribution in [2.75, 3.05) is 5.32 Å². The molecule has 3 rings (SSSR count). The lowest BCUT2D eigenvalue weighted by molar-refractivity contribution is -0.122. The number of para-hydroxylation sites is 2. The first kappa shape index (κ1) is 13.7. The van der Waals surface area contributed by atoms with Crippen LogP contribution in [0.4, 0.5) is 5.69 Å². The van der Waals surface area contributed by atoms with Crippen molar-refractivity contribution in [3.05, 3.63) is 60.2 Å². The van der Waals surface area contributed by atoms with Crippen molar-refractivity contribution in [1.82, 2.24) is 0 Å². The molecule has 0 saturated heterocycles. The highest BCUT2D eigenvalue weighted by Crippen LogP contribution is 2.30. The van der Waals surface area contributed by atoms with Crippen molar-refractivity contribution in [2.24, 2.45) is 5.92 Å². The smallest absolute Gasteiger partial charge is 0.227 e. The minimum atomic E-state index is 0.108. The Morgan fingerprint density at radius 2 is 1.76 bits per heavy atom. The van der Waals surface area contributed by atoms with Gasteiger partial charge in [0.15, 0.2) is 0 Å². The molecule has 0 bridgehead atoms. The highest BCUT2D eigenvalue weighted by Gasteiger charge is 2.25. The third-order valence-corrected chi connectivity index (χ3v) is 3.86. The van der Waals surface area contributed by atoms with Gasteiger partial charge in [-0.15, -0.1) is 0 Å². The quantitative estimate of drug-likeness (QED) is 0.899. The van der Waals surface area contributed by atoms with E-state index in [2.05, 4.69) is 5.32 Å². The molecule has 0 aromatic heterocycles. The second-order valence-electron chi connectivity index (χ2n) is 5.39. The second-order valence-corrected chi connectivity index (χ2v) is 5.39. The number of nitrogens with one attached hydrogen (secondary N) is 1. The van der Waals surface area contributed by atoms with Crippen LogP contribution in [0.15, 0.2) is 54.6 Å². The fraction of sp³-hybridized carbons (Fsp3) is 0.278. The summed E-state index contributed by atoms with van der Waals surface area (Å²) >= 11 is 0. The van der Waals surface area contributed by atoms with Crippen LogP contribution in [0.5, 0.6) is 5.75 Å². The summed E-state index contributed by atoms with van der Waals surface area (Å²) in [5, 5.41) is 2.98.